The monoisotopic (exact) mass is 473 g/mol. The molecule has 0 spiro atoms. The summed E-state index contributed by atoms with van der Waals surface area (Å²) in [5.74, 6) is 0.395. The molecule has 0 radical (unpaired) electrons. The van der Waals surface area contributed by atoms with E-state index in [9.17, 15) is 9.59 Å². The summed E-state index contributed by atoms with van der Waals surface area (Å²) < 4.78 is 16.6. The first-order valence-corrected chi connectivity index (χ1v) is 11.0. The van der Waals surface area contributed by atoms with Gasteiger partial charge in [-0.15, -0.1) is 0 Å². The van der Waals surface area contributed by atoms with Gasteiger partial charge in [0.05, 0.1) is 19.1 Å². The number of hydrogen-bond acceptors (Lipinski definition) is 7. The molecule has 1 aliphatic rings. The molecule has 0 saturated carbocycles. The van der Waals surface area contributed by atoms with Gasteiger partial charge in [0.15, 0.2) is 17.6 Å². The Morgan fingerprint density at radius 2 is 1.88 bits per heavy atom. The van der Waals surface area contributed by atoms with E-state index in [0.717, 1.165) is 5.56 Å². The maximum Gasteiger partial charge on any atom is 0.344 e. The van der Waals surface area contributed by atoms with Crippen LogP contribution >= 0.6 is 24.0 Å². The van der Waals surface area contributed by atoms with Crippen molar-refractivity contribution in [1.29, 1.82) is 0 Å². The molecule has 2 aromatic rings. The van der Waals surface area contributed by atoms with Crippen LogP contribution in [0.25, 0.3) is 6.08 Å². The van der Waals surface area contributed by atoms with Crippen LogP contribution in [0.2, 0.25) is 0 Å². The van der Waals surface area contributed by atoms with Crippen molar-refractivity contribution >= 4 is 46.3 Å². The third kappa shape index (κ3) is 5.41. The van der Waals surface area contributed by atoms with Crippen molar-refractivity contribution in [2.45, 2.75) is 19.4 Å². The zero-order chi connectivity index (χ0) is 23.3. The first-order valence-electron chi connectivity index (χ1n) is 9.78. The molecular formula is C23H23NO6S2. The molecule has 1 aliphatic heterocycles. The molecule has 32 heavy (non-hydrogen) atoms. The lowest BCUT2D eigenvalue weighted by Gasteiger charge is -2.15. The van der Waals surface area contributed by atoms with Gasteiger partial charge in [0, 0.05) is 12.1 Å². The predicted octanol–water partition coefficient (Wildman–Crippen LogP) is 4.00. The van der Waals surface area contributed by atoms with Crippen molar-refractivity contribution in [1.82, 2.24) is 4.90 Å². The number of benzene rings is 2. The number of carboxylic acid groups (broad SMARTS) is 1. The third-order valence-electron chi connectivity index (χ3n) is 4.80. The van der Waals surface area contributed by atoms with Crippen LogP contribution in [-0.4, -0.2) is 53.1 Å². The van der Waals surface area contributed by atoms with Crippen LogP contribution < -0.4 is 14.2 Å². The second-order valence-electron chi connectivity index (χ2n) is 6.91. The number of nitrogens with zero attached hydrogens (tertiary/aromatic N) is 1. The molecule has 0 aromatic heterocycles. The Morgan fingerprint density at radius 3 is 2.56 bits per heavy atom. The number of aliphatic carboxylic acids is 1. The Hall–Kier alpha value is -3.04. The quantitative estimate of drug-likeness (QED) is 0.432. The molecule has 1 heterocycles. The number of rotatable bonds is 9. The maximum atomic E-state index is 13.0. The molecule has 0 aliphatic carbocycles. The fourth-order valence-electron chi connectivity index (χ4n) is 3.06. The molecule has 9 heteroatoms. The first-order chi connectivity index (χ1) is 15.3. The minimum Gasteiger partial charge on any atom is -0.493 e. The summed E-state index contributed by atoms with van der Waals surface area (Å²) in [4.78, 5) is 26.1. The molecule has 1 N–H and O–H groups in total. The number of amides is 1. The zero-order valence-electron chi connectivity index (χ0n) is 17.9. The molecular weight excluding hydrogens is 450 g/mol. The summed E-state index contributed by atoms with van der Waals surface area (Å²) in [6, 6.07) is 12.6. The maximum absolute atomic E-state index is 13.0. The second-order valence-corrected chi connectivity index (χ2v) is 8.58. The third-order valence-corrected chi connectivity index (χ3v) is 6.18. The summed E-state index contributed by atoms with van der Waals surface area (Å²) in [6.45, 7) is 1.87. The van der Waals surface area contributed by atoms with Gasteiger partial charge in [0.1, 0.15) is 10.1 Å². The summed E-state index contributed by atoms with van der Waals surface area (Å²) in [5, 5.41) is 9.11. The molecule has 7 nitrogen and oxygen atoms in total. The number of thiocarbonyl (C=S) groups is 1. The molecule has 0 bridgehead atoms. The van der Waals surface area contributed by atoms with Crippen molar-refractivity contribution in [3.63, 3.8) is 0 Å². The fraction of sp³-hybridized carbons (Fsp3) is 0.261. The van der Waals surface area contributed by atoms with E-state index in [0.29, 0.717) is 45.0 Å². The van der Waals surface area contributed by atoms with Crippen LogP contribution in [0.1, 0.15) is 18.1 Å². The smallest absolute Gasteiger partial charge is 0.344 e. The number of carboxylic acids is 1. The van der Waals surface area contributed by atoms with Crippen LogP contribution in [-0.2, 0) is 16.0 Å². The normalized spacial score (nSPS) is 15.7. The van der Waals surface area contributed by atoms with E-state index >= 15 is 0 Å². The van der Waals surface area contributed by atoms with Crippen molar-refractivity contribution in [3.05, 3.63) is 58.5 Å². The molecule has 2 aromatic carbocycles. The Balaban J connectivity index is 1.74. The minimum absolute atomic E-state index is 0.193. The van der Waals surface area contributed by atoms with Gasteiger partial charge >= 0.3 is 5.97 Å². The summed E-state index contributed by atoms with van der Waals surface area (Å²) in [5.41, 5.74) is 1.60. The summed E-state index contributed by atoms with van der Waals surface area (Å²) in [6.07, 6.45) is 1.26. The summed E-state index contributed by atoms with van der Waals surface area (Å²) >= 11 is 6.64. The lowest BCUT2D eigenvalue weighted by molar-refractivity contribution is -0.144. The lowest BCUT2D eigenvalue weighted by atomic mass is 10.1. The predicted molar refractivity (Wildman–Crippen MR) is 127 cm³/mol. The van der Waals surface area contributed by atoms with Crippen molar-refractivity contribution in [2.24, 2.45) is 0 Å². The van der Waals surface area contributed by atoms with Crippen molar-refractivity contribution < 1.29 is 28.9 Å². The standard InChI is InChI=1S/C23H23NO6S2/c1-14(22(26)27)30-17-7-5-4-6-16(17)13-20-21(25)24(23(31)32-20)11-10-15-8-9-18(28-2)19(12-15)29-3/h4-9,12-14H,10-11H2,1-3H3,(H,26,27)/b20-13+. The van der Waals surface area contributed by atoms with Crippen LogP contribution in [0.15, 0.2) is 47.4 Å². The van der Waals surface area contributed by atoms with Crippen LogP contribution in [0.3, 0.4) is 0 Å². The Kier molecular flexibility index (Phi) is 7.76. The van der Waals surface area contributed by atoms with Gasteiger partial charge in [-0.1, -0.05) is 48.2 Å². The fourth-order valence-corrected chi connectivity index (χ4v) is 4.36. The number of para-hydroxylation sites is 1. The first kappa shape index (κ1) is 23.6. The molecule has 1 atom stereocenters. The van der Waals surface area contributed by atoms with Gasteiger partial charge < -0.3 is 19.3 Å². The van der Waals surface area contributed by atoms with Gasteiger partial charge in [-0.2, -0.15) is 0 Å². The number of methoxy groups -OCH3 is 2. The zero-order valence-corrected chi connectivity index (χ0v) is 19.5. The largest absolute Gasteiger partial charge is 0.493 e. The average molecular weight is 474 g/mol. The van der Waals surface area contributed by atoms with Gasteiger partial charge in [-0.05, 0) is 43.2 Å². The molecule has 1 saturated heterocycles. The van der Waals surface area contributed by atoms with E-state index < -0.39 is 12.1 Å². The Morgan fingerprint density at radius 1 is 1.16 bits per heavy atom. The second kappa shape index (κ2) is 10.5. The van der Waals surface area contributed by atoms with Gasteiger partial charge in [0.2, 0.25) is 0 Å². The average Bonchev–Trinajstić information content (AvgIpc) is 3.05. The lowest BCUT2D eigenvalue weighted by Crippen LogP contribution is -2.30. The highest BCUT2D eigenvalue weighted by molar-refractivity contribution is 8.26. The molecule has 3 rings (SSSR count). The molecule has 1 fully saturated rings. The van der Waals surface area contributed by atoms with Gasteiger partial charge in [-0.25, -0.2) is 4.79 Å². The molecule has 1 unspecified atom stereocenters. The highest BCUT2D eigenvalue weighted by atomic mass is 32.2. The topological polar surface area (TPSA) is 85.3 Å². The number of ether oxygens (including phenoxy) is 3. The SMILES string of the molecule is COc1ccc(CCN2C(=O)/C(=C\c3ccccc3OC(C)C(=O)O)SC2=S)cc1OC. The van der Waals surface area contributed by atoms with Crippen molar-refractivity contribution in [2.75, 3.05) is 20.8 Å². The highest BCUT2D eigenvalue weighted by Crippen LogP contribution is 2.35. The Bertz CT molecular complexity index is 1070. The van der Waals surface area contributed by atoms with Crippen LogP contribution in [0.4, 0.5) is 0 Å². The summed E-state index contributed by atoms with van der Waals surface area (Å²) in [7, 11) is 3.16. The van der Waals surface area contributed by atoms with E-state index in [2.05, 4.69) is 0 Å². The molecule has 1 amide bonds. The van der Waals surface area contributed by atoms with Crippen molar-refractivity contribution in [3.8, 4) is 17.2 Å². The molecule has 168 valence electrons. The number of carbonyl (C=O) groups excluding carboxylic acids is 1. The number of thioether (sulfide) groups is 1. The highest BCUT2D eigenvalue weighted by Gasteiger charge is 2.32. The van der Waals surface area contributed by atoms with Crippen LogP contribution in [0.5, 0.6) is 17.2 Å². The number of hydrogen-bond donors (Lipinski definition) is 1. The van der Waals surface area contributed by atoms with E-state index in [1.807, 2.05) is 18.2 Å². The van der Waals surface area contributed by atoms with Gasteiger partial charge in [-0.3, -0.25) is 9.69 Å². The van der Waals surface area contributed by atoms with E-state index in [4.69, 9.17) is 31.5 Å². The van der Waals surface area contributed by atoms with E-state index in [1.165, 1.54) is 18.7 Å². The van der Waals surface area contributed by atoms with Gasteiger partial charge in [0.25, 0.3) is 5.91 Å². The van der Waals surface area contributed by atoms with E-state index in [1.54, 1.807) is 49.5 Å². The van der Waals surface area contributed by atoms with Crippen LogP contribution in [0, 0.1) is 0 Å². The number of carbonyl (C=O) groups is 2. The Labute approximate surface area is 196 Å². The van der Waals surface area contributed by atoms with E-state index in [-0.39, 0.29) is 5.91 Å². The minimum atomic E-state index is -1.07.